The van der Waals surface area contributed by atoms with Gasteiger partial charge in [-0.15, -0.1) is 10.2 Å². The first kappa shape index (κ1) is 21.2. The summed E-state index contributed by atoms with van der Waals surface area (Å²) in [6.45, 7) is 7.83. The summed E-state index contributed by atoms with van der Waals surface area (Å²) in [5.74, 6) is -0.310. The maximum atomic E-state index is 12.8. The molecule has 0 radical (unpaired) electrons. The third-order valence-electron chi connectivity index (χ3n) is 3.63. The van der Waals surface area contributed by atoms with Crippen LogP contribution < -0.4 is 11.1 Å². The van der Waals surface area contributed by atoms with Crippen molar-refractivity contribution in [2.75, 3.05) is 23.9 Å². The van der Waals surface area contributed by atoms with Crippen molar-refractivity contribution in [3.8, 4) is 0 Å². The van der Waals surface area contributed by atoms with Crippen LogP contribution in [0.2, 0.25) is 0 Å². The zero-order chi connectivity index (χ0) is 20.1. The van der Waals surface area contributed by atoms with E-state index in [9.17, 15) is 9.59 Å². The highest BCUT2D eigenvalue weighted by Crippen LogP contribution is 2.27. The summed E-state index contributed by atoms with van der Waals surface area (Å²) in [6, 6.07) is -0.581. The molecule has 0 saturated heterocycles. The smallest absolute Gasteiger partial charge is 0.350 e. The Labute approximate surface area is 166 Å². The van der Waals surface area contributed by atoms with E-state index in [2.05, 4.69) is 20.5 Å². The number of aryl methyl sites for hydroxylation is 1. The molecule has 11 heteroatoms. The minimum atomic E-state index is -0.581. The number of amides is 1. The molecule has 27 heavy (non-hydrogen) atoms. The van der Waals surface area contributed by atoms with Crippen molar-refractivity contribution in [2.24, 2.45) is 5.92 Å². The number of nitrogen functional groups attached to an aromatic ring is 1. The Morgan fingerprint density at radius 1 is 1.37 bits per heavy atom. The van der Waals surface area contributed by atoms with Crippen LogP contribution in [-0.4, -0.2) is 44.5 Å². The topological polar surface area (TPSA) is 125 Å². The lowest BCUT2D eigenvalue weighted by Gasteiger charge is -2.17. The van der Waals surface area contributed by atoms with E-state index in [4.69, 9.17) is 10.5 Å². The van der Waals surface area contributed by atoms with E-state index in [0.717, 1.165) is 11.3 Å². The minimum Gasteiger partial charge on any atom is -0.461 e. The molecule has 0 aliphatic rings. The summed E-state index contributed by atoms with van der Waals surface area (Å²) in [7, 11) is 0. The van der Waals surface area contributed by atoms with Gasteiger partial charge in [0.25, 0.3) is 0 Å². The highest BCUT2D eigenvalue weighted by Gasteiger charge is 2.26. The summed E-state index contributed by atoms with van der Waals surface area (Å²) >= 11 is 2.45. The van der Waals surface area contributed by atoms with E-state index in [0.29, 0.717) is 33.9 Å². The molecule has 2 rings (SSSR count). The van der Waals surface area contributed by atoms with Crippen molar-refractivity contribution in [1.82, 2.24) is 19.7 Å². The molecular formula is C16H24N6O3S2. The van der Waals surface area contributed by atoms with E-state index in [-0.39, 0.29) is 17.8 Å². The van der Waals surface area contributed by atoms with Gasteiger partial charge in [0, 0.05) is 0 Å². The number of esters is 1. The van der Waals surface area contributed by atoms with Crippen LogP contribution in [0.15, 0.2) is 5.16 Å². The van der Waals surface area contributed by atoms with E-state index in [1.54, 1.807) is 11.5 Å². The van der Waals surface area contributed by atoms with E-state index >= 15 is 0 Å². The molecule has 0 aliphatic heterocycles. The Kier molecular flexibility index (Phi) is 7.19. The molecule has 2 aromatic rings. The molecule has 0 bridgehead atoms. The monoisotopic (exact) mass is 412 g/mol. The van der Waals surface area contributed by atoms with Crippen LogP contribution in [0.3, 0.4) is 0 Å². The fraction of sp³-hybridized carbons (Fsp3) is 0.562. The quantitative estimate of drug-likeness (QED) is 0.501. The summed E-state index contributed by atoms with van der Waals surface area (Å²) in [5.41, 5.74) is 6.39. The van der Waals surface area contributed by atoms with E-state index in [1.165, 1.54) is 11.8 Å². The average molecular weight is 413 g/mol. The van der Waals surface area contributed by atoms with Crippen molar-refractivity contribution < 1.29 is 14.3 Å². The molecule has 3 N–H and O–H groups in total. The first-order valence-electron chi connectivity index (χ1n) is 8.48. The Morgan fingerprint density at radius 3 is 2.67 bits per heavy atom. The van der Waals surface area contributed by atoms with Gasteiger partial charge in [0.05, 0.1) is 12.3 Å². The number of nitrogens with one attached hydrogen (secondary N) is 1. The third-order valence-corrected chi connectivity index (χ3v) is 5.33. The Hall–Kier alpha value is -2.14. The average Bonchev–Trinajstić information content (AvgIpc) is 3.16. The van der Waals surface area contributed by atoms with E-state index in [1.807, 2.05) is 27.0 Å². The number of anilines is 2. The van der Waals surface area contributed by atoms with Gasteiger partial charge in [-0.1, -0.05) is 43.9 Å². The van der Waals surface area contributed by atoms with Gasteiger partial charge in [-0.2, -0.15) is 0 Å². The number of thioether (sulfide) groups is 1. The van der Waals surface area contributed by atoms with Crippen LogP contribution in [0.5, 0.6) is 0 Å². The normalized spacial score (nSPS) is 12.2. The summed E-state index contributed by atoms with van der Waals surface area (Å²) in [6.07, 6.45) is 2.33. The van der Waals surface area contributed by atoms with Crippen molar-refractivity contribution in [1.29, 1.82) is 0 Å². The number of carbonyl (C=O) groups is 2. The number of hydrogen-bond acceptors (Lipinski definition) is 9. The van der Waals surface area contributed by atoms with Gasteiger partial charge in [0.15, 0.2) is 10.3 Å². The van der Waals surface area contributed by atoms with E-state index < -0.39 is 12.0 Å². The van der Waals surface area contributed by atoms with Crippen molar-refractivity contribution in [3.63, 3.8) is 0 Å². The second-order valence-electron chi connectivity index (χ2n) is 6.25. The molecule has 0 saturated carbocycles. The lowest BCUT2D eigenvalue weighted by molar-refractivity contribution is -0.119. The number of nitrogens with two attached hydrogens (primary N) is 1. The summed E-state index contributed by atoms with van der Waals surface area (Å²) < 4.78 is 6.84. The molecule has 0 fully saturated rings. The van der Waals surface area contributed by atoms with Crippen LogP contribution >= 0.6 is 23.1 Å². The maximum Gasteiger partial charge on any atom is 0.350 e. The van der Waals surface area contributed by atoms with Crippen LogP contribution in [0.4, 0.5) is 11.1 Å². The van der Waals surface area contributed by atoms with Crippen molar-refractivity contribution >= 4 is 46.1 Å². The molecule has 9 nitrogen and oxygen atoms in total. The summed E-state index contributed by atoms with van der Waals surface area (Å²) in [5, 5.41) is 11.5. The van der Waals surface area contributed by atoms with Crippen LogP contribution in [0.1, 0.15) is 48.6 Å². The third kappa shape index (κ3) is 4.98. The fourth-order valence-corrected chi connectivity index (χ4v) is 3.74. The number of rotatable bonds is 8. The molecule has 0 aromatic carbocycles. The fourth-order valence-electron chi connectivity index (χ4n) is 2.34. The zero-order valence-corrected chi connectivity index (χ0v) is 17.6. The Bertz CT molecular complexity index is 817. The highest BCUT2D eigenvalue weighted by molar-refractivity contribution is 7.98. The second-order valence-corrected chi connectivity index (χ2v) is 8.03. The SMILES string of the molecule is CCC(C(=O)Nc1nc(C)c(C(=O)OCC(C)C)s1)n1c(N)nnc1SC. The number of carbonyl (C=O) groups excluding carboxylic acids is 2. The van der Waals surface area contributed by atoms with Gasteiger partial charge in [-0.05, 0) is 25.5 Å². The molecule has 2 heterocycles. The first-order valence-corrected chi connectivity index (χ1v) is 10.5. The van der Waals surface area contributed by atoms with Gasteiger partial charge in [0.2, 0.25) is 11.9 Å². The predicted octanol–water partition coefficient (Wildman–Crippen LogP) is 2.75. The number of thiazole rings is 1. The minimum absolute atomic E-state index is 0.176. The molecule has 2 aromatic heterocycles. The molecule has 0 aliphatic carbocycles. The Morgan fingerprint density at radius 2 is 2.07 bits per heavy atom. The lowest BCUT2D eigenvalue weighted by atomic mass is 10.2. The number of aromatic nitrogens is 4. The number of hydrogen-bond donors (Lipinski definition) is 2. The van der Waals surface area contributed by atoms with Crippen LogP contribution in [0, 0.1) is 12.8 Å². The van der Waals surface area contributed by atoms with Gasteiger partial charge in [-0.3, -0.25) is 9.36 Å². The van der Waals surface area contributed by atoms with Gasteiger partial charge in [0.1, 0.15) is 10.9 Å². The Balaban J connectivity index is 2.16. The molecule has 0 spiro atoms. The number of nitrogens with zero attached hydrogens (tertiary/aromatic N) is 4. The highest BCUT2D eigenvalue weighted by atomic mass is 32.2. The largest absolute Gasteiger partial charge is 0.461 e. The lowest BCUT2D eigenvalue weighted by Crippen LogP contribution is -2.27. The predicted molar refractivity (Wildman–Crippen MR) is 106 cm³/mol. The molecule has 1 amide bonds. The van der Waals surface area contributed by atoms with Gasteiger partial charge < -0.3 is 15.8 Å². The zero-order valence-electron chi connectivity index (χ0n) is 16.0. The molecular weight excluding hydrogens is 388 g/mol. The number of ether oxygens (including phenoxy) is 1. The van der Waals surface area contributed by atoms with Crippen LogP contribution in [-0.2, 0) is 9.53 Å². The standard InChI is InChI=1S/C16H24N6O3S2/c1-6-10(22-14(17)20-21-16(22)26-5)12(23)19-15-18-9(4)11(27-15)13(24)25-7-8(2)3/h8,10H,6-7H2,1-5H3,(H2,17,20)(H,18,19,23). The van der Waals surface area contributed by atoms with Gasteiger partial charge in [-0.25, -0.2) is 9.78 Å². The first-order chi connectivity index (χ1) is 12.8. The van der Waals surface area contributed by atoms with Crippen molar-refractivity contribution in [2.45, 2.75) is 45.3 Å². The summed E-state index contributed by atoms with van der Waals surface area (Å²) in [4.78, 5) is 29.6. The molecule has 1 atom stereocenters. The molecule has 1 unspecified atom stereocenters. The van der Waals surface area contributed by atoms with Crippen molar-refractivity contribution in [3.05, 3.63) is 10.6 Å². The molecule has 148 valence electrons. The maximum absolute atomic E-state index is 12.8. The second kappa shape index (κ2) is 9.18. The van der Waals surface area contributed by atoms with Crippen LogP contribution in [0.25, 0.3) is 0 Å². The van der Waals surface area contributed by atoms with Gasteiger partial charge >= 0.3 is 5.97 Å².